The van der Waals surface area contributed by atoms with Gasteiger partial charge in [-0.15, -0.1) is 12.4 Å². The lowest BCUT2D eigenvalue weighted by Crippen LogP contribution is -2.49. The number of halogens is 1. The lowest BCUT2D eigenvalue weighted by atomic mass is 9.75. The van der Waals surface area contributed by atoms with Crippen molar-refractivity contribution in [2.24, 2.45) is 17.8 Å². The quantitative estimate of drug-likeness (QED) is 0.682. The van der Waals surface area contributed by atoms with Crippen LogP contribution in [0.4, 0.5) is 0 Å². The van der Waals surface area contributed by atoms with E-state index in [1.165, 1.54) is 18.4 Å². The van der Waals surface area contributed by atoms with Crippen molar-refractivity contribution in [1.82, 2.24) is 9.80 Å². The molecule has 2 fully saturated rings. The monoisotopic (exact) mass is 424 g/mol. The summed E-state index contributed by atoms with van der Waals surface area (Å²) in [5.41, 5.74) is 1.38. The maximum absolute atomic E-state index is 10.5. The third kappa shape index (κ3) is 7.84. The lowest BCUT2D eigenvalue weighted by molar-refractivity contribution is -0.0755. The van der Waals surface area contributed by atoms with Gasteiger partial charge in [-0.05, 0) is 36.2 Å². The third-order valence-corrected chi connectivity index (χ3v) is 6.65. The smallest absolute Gasteiger partial charge is 0.0900 e. The molecule has 1 aliphatic carbocycles. The number of ether oxygens (including phenoxy) is 1. The first-order chi connectivity index (χ1) is 13.5. The molecule has 1 aromatic rings. The summed E-state index contributed by atoms with van der Waals surface area (Å²) in [5.74, 6) is 2.05. The van der Waals surface area contributed by atoms with Crippen LogP contribution in [0.1, 0.15) is 45.6 Å². The van der Waals surface area contributed by atoms with Crippen LogP contribution in [0.3, 0.4) is 0 Å². The Morgan fingerprint density at radius 2 is 1.69 bits per heavy atom. The molecule has 2 aliphatic rings. The molecule has 1 heterocycles. The zero-order valence-electron chi connectivity index (χ0n) is 18.5. The molecular weight excluding hydrogens is 384 g/mol. The van der Waals surface area contributed by atoms with Crippen LogP contribution >= 0.6 is 12.4 Å². The second kappa shape index (κ2) is 12.3. The van der Waals surface area contributed by atoms with Crippen LogP contribution < -0.4 is 0 Å². The van der Waals surface area contributed by atoms with Crippen molar-refractivity contribution in [3.63, 3.8) is 0 Å². The lowest BCUT2D eigenvalue weighted by Gasteiger charge is -2.38. The van der Waals surface area contributed by atoms with Crippen LogP contribution in [-0.4, -0.2) is 66.4 Å². The molecule has 0 aromatic heterocycles. The van der Waals surface area contributed by atoms with Crippen LogP contribution in [0.25, 0.3) is 0 Å². The summed E-state index contributed by atoms with van der Waals surface area (Å²) >= 11 is 0. The van der Waals surface area contributed by atoms with Gasteiger partial charge in [-0.3, -0.25) is 9.80 Å². The van der Waals surface area contributed by atoms with Gasteiger partial charge in [0, 0.05) is 39.3 Å². The molecule has 4 atom stereocenters. The molecule has 1 aromatic carbocycles. The molecule has 0 bridgehead atoms. The van der Waals surface area contributed by atoms with E-state index in [1.807, 2.05) is 0 Å². The Bertz CT molecular complexity index is 563. The average Bonchev–Trinajstić information content (AvgIpc) is 2.68. The van der Waals surface area contributed by atoms with Gasteiger partial charge in [-0.1, -0.05) is 57.5 Å². The van der Waals surface area contributed by atoms with Crippen molar-refractivity contribution in [3.8, 4) is 0 Å². The average molecular weight is 425 g/mol. The Morgan fingerprint density at radius 3 is 2.34 bits per heavy atom. The summed E-state index contributed by atoms with van der Waals surface area (Å²) in [4.78, 5) is 4.89. The number of aliphatic hydroxyl groups excluding tert-OH is 1. The number of aliphatic hydroxyl groups is 1. The van der Waals surface area contributed by atoms with Crippen molar-refractivity contribution < 1.29 is 9.84 Å². The second-order valence-electron chi connectivity index (χ2n) is 9.41. The van der Waals surface area contributed by atoms with E-state index < -0.39 is 0 Å². The van der Waals surface area contributed by atoms with E-state index in [1.54, 1.807) is 0 Å². The number of hydrogen-bond acceptors (Lipinski definition) is 4. The van der Waals surface area contributed by atoms with E-state index in [4.69, 9.17) is 4.74 Å². The van der Waals surface area contributed by atoms with E-state index in [0.717, 1.165) is 51.6 Å². The fourth-order valence-electron chi connectivity index (χ4n) is 4.86. The first-order valence-electron chi connectivity index (χ1n) is 11.3. The molecule has 1 saturated heterocycles. The molecule has 4 nitrogen and oxygen atoms in total. The molecule has 4 unspecified atom stereocenters. The second-order valence-corrected chi connectivity index (χ2v) is 9.41. The molecule has 0 radical (unpaired) electrons. The number of benzene rings is 1. The van der Waals surface area contributed by atoms with E-state index in [2.05, 4.69) is 60.9 Å². The van der Waals surface area contributed by atoms with Gasteiger partial charge in [-0.2, -0.15) is 0 Å². The van der Waals surface area contributed by atoms with Gasteiger partial charge in [0.15, 0.2) is 0 Å². The Hall–Kier alpha value is -0.650. The van der Waals surface area contributed by atoms with E-state index in [-0.39, 0.29) is 18.5 Å². The zero-order valence-corrected chi connectivity index (χ0v) is 19.3. The zero-order chi connectivity index (χ0) is 19.9. The summed E-state index contributed by atoms with van der Waals surface area (Å²) < 4.78 is 6.24. The molecule has 1 saturated carbocycles. The summed E-state index contributed by atoms with van der Waals surface area (Å²) in [7, 11) is 0. The van der Waals surface area contributed by atoms with Crippen molar-refractivity contribution >= 4 is 12.4 Å². The van der Waals surface area contributed by atoms with Crippen LogP contribution in [0.15, 0.2) is 30.3 Å². The normalized spacial score (nSPS) is 27.6. The van der Waals surface area contributed by atoms with E-state index in [0.29, 0.717) is 24.5 Å². The first kappa shape index (κ1) is 24.6. The van der Waals surface area contributed by atoms with Gasteiger partial charge in [-0.25, -0.2) is 0 Å². The van der Waals surface area contributed by atoms with Gasteiger partial charge in [0.1, 0.15) is 0 Å². The van der Waals surface area contributed by atoms with Crippen LogP contribution in [0.2, 0.25) is 0 Å². The van der Waals surface area contributed by atoms with Crippen molar-refractivity contribution in [2.45, 2.75) is 58.8 Å². The molecule has 29 heavy (non-hydrogen) atoms. The highest BCUT2D eigenvalue weighted by Gasteiger charge is 2.32. The maximum atomic E-state index is 10.5. The number of β-amino-alcohol motifs (C(OH)–C–C–N with tert-alkyl or cyclic N) is 1. The third-order valence-electron chi connectivity index (χ3n) is 6.65. The highest BCUT2D eigenvalue weighted by molar-refractivity contribution is 5.85. The van der Waals surface area contributed by atoms with Crippen LogP contribution in [0.5, 0.6) is 0 Å². The molecule has 166 valence electrons. The molecule has 5 heteroatoms. The van der Waals surface area contributed by atoms with E-state index in [9.17, 15) is 5.11 Å². The Labute approximate surface area is 184 Å². The number of nitrogens with zero attached hydrogens (tertiary/aromatic N) is 2. The summed E-state index contributed by atoms with van der Waals surface area (Å²) in [6, 6.07) is 10.7. The summed E-state index contributed by atoms with van der Waals surface area (Å²) in [5, 5.41) is 10.5. The highest BCUT2D eigenvalue weighted by Crippen LogP contribution is 2.35. The number of piperazine rings is 1. The Kier molecular flexibility index (Phi) is 10.4. The fourth-order valence-corrected chi connectivity index (χ4v) is 4.86. The predicted molar refractivity (Wildman–Crippen MR) is 122 cm³/mol. The maximum Gasteiger partial charge on any atom is 0.0900 e. The first-order valence-corrected chi connectivity index (χ1v) is 11.3. The van der Waals surface area contributed by atoms with Gasteiger partial charge in [0.25, 0.3) is 0 Å². The Morgan fingerprint density at radius 1 is 1.03 bits per heavy atom. The SMILES string of the molecule is CC1CCC(C(C)C)C(OCC(O)CN2CCN(Cc3ccccc3)CC2)C1.Cl. The number of hydrogen-bond donors (Lipinski definition) is 1. The van der Waals surface area contributed by atoms with Crippen molar-refractivity contribution in [1.29, 1.82) is 0 Å². The molecule has 0 spiro atoms. The van der Waals surface area contributed by atoms with Gasteiger partial charge >= 0.3 is 0 Å². The van der Waals surface area contributed by atoms with Gasteiger partial charge in [0.05, 0.1) is 18.8 Å². The minimum absolute atomic E-state index is 0. The largest absolute Gasteiger partial charge is 0.389 e. The van der Waals surface area contributed by atoms with Crippen LogP contribution in [-0.2, 0) is 11.3 Å². The minimum atomic E-state index is -0.384. The fraction of sp³-hybridized carbons (Fsp3) is 0.750. The van der Waals surface area contributed by atoms with Gasteiger partial charge in [0.2, 0.25) is 0 Å². The van der Waals surface area contributed by atoms with Crippen LogP contribution in [0, 0.1) is 17.8 Å². The standard InChI is InChI=1S/C24H40N2O2.ClH/c1-19(2)23-10-9-20(3)15-24(23)28-18-22(27)17-26-13-11-25(12-14-26)16-21-7-5-4-6-8-21;/h4-8,19-20,22-24,27H,9-18H2,1-3H3;1H. The molecular formula is C24H41ClN2O2. The number of rotatable bonds is 8. The molecule has 1 N–H and O–H groups in total. The minimum Gasteiger partial charge on any atom is -0.389 e. The highest BCUT2D eigenvalue weighted by atomic mass is 35.5. The molecule has 1 aliphatic heterocycles. The van der Waals surface area contributed by atoms with Gasteiger partial charge < -0.3 is 9.84 Å². The van der Waals surface area contributed by atoms with Crippen molar-refractivity contribution in [2.75, 3.05) is 39.3 Å². The summed E-state index contributed by atoms with van der Waals surface area (Å²) in [6.07, 6.45) is 3.67. The molecule has 0 amide bonds. The molecule has 3 rings (SSSR count). The topological polar surface area (TPSA) is 35.9 Å². The summed E-state index contributed by atoms with van der Waals surface area (Å²) in [6.45, 7) is 13.4. The predicted octanol–water partition coefficient (Wildman–Crippen LogP) is 4.06. The Balaban J connectivity index is 0.00000300. The van der Waals surface area contributed by atoms with Crippen molar-refractivity contribution in [3.05, 3.63) is 35.9 Å². The van der Waals surface area contributed by atoms with E-state index >= 15 is 0 Å².